The number of allylic oxidation sites excluding steroid dienone is 1. The summed E-state index contributed by atoms with van der Waals surface area (Å²) in [6, 6.07) is 8.40. The Hall–Kier alpha value is -2.50. The van der Waals surface area contributed by atoms with Gasteiger partial charge in [0.15, 0.2) is 0 Å². The highest BCUT2D eigenvalue weighted by atomic mass is 14.5. The molecule has 0 unspecified atom stereocenters. The van der Waals surface area contributed by atoms with Crippen molar-refractivity contribution in [3.05, 3.63) is 71.1 Å². The highest BCUT2D eigenvalue weighted by molar-refractivity contribution is 5.99. The van der Waals surface area contributed by atoms with E-state index in [4.69, 9.17) is 5.73 Å². The van der Waals surface area contributed by atoms with Crippen molar-refractivity contribution >= 4 is 29.0 Å². The molecule has 2 rings (SSSR count). The number of hydrogen-bond acceptors (Lipinski definition) is 1. The third-order valence-electron chi connectivity index (χ3n) is 3.47. The van der Waals surface area contributed by atoms with Gasteiger partial charge in [-0.3, -0.25) is 0 Å². The van der Waals surface area contributed by atoms with Crippen molar-refractivity contribution < 1.29 is 0 Å². The zero-order valence-corrected chi connectivity index (χ0v) is 12.0. The average molecular weight is 261 g/mol. The van der Waals surface area contributed by atoms with Gasteiger partial charge in [0.25, 0.3) is 0 Å². The molecule has 0 heterocycles. The van der Waals surface area contributed by atoms with E-state index in [-0.39, 0.29) is 0 Å². The molecule has 20 heavy (non-hydrogen) atoms. The Kier molecular flexibility index (Phi) is 4.24. The molecule has 0 saturated heterocycles. The molecule has 1 heteroatoms. The Morgan fingerprint density at radius 3 is 2.40 bits per heavy atom. The number of rotatable bonds is 3. The van der Waals surface area contributed by atoms with E-state index in [1.165, 1.54) is 22.5 Å². The minimum atomic E-state index is 1.14. The van der Waals surface area contributed by atoms with Crippen LogP contribution < -0.4 is 5.73 Å². The van der Waals surface area contributed by atoms with Crippen molar-refractivity contribution in [2.24, 2.45) is 5.73 Å². The highest BCUT2D eigenvalue weighted by Crippen LogP contribution is 2.32. The Labute approximate surface area is 120 Å². The van der Waals surface area contributed by atoms with E-state index in [1.807, 2.05) is 25.2 Å². The first-order chi connectivity index (χ1) is 9.74. The Balaban J connectivity index is 3.02. The monoisotopic (exact) mass is 261 g/mol. The average Bonchev–Trinajstić information content (AvgIpc) is 2.48. The van der Waals surface area contributed by atoms with Gasteiger partial charge in [-0.25, -0.2) is 0 Å². The van der Waals surface area contributed by atoms with Crippen LogP contribution in [-0.4, -0.2) is 0 Å². The van der Waals surface area contributed by atoms with Crippen LogP contribution in [0.3, 0.4) is 0 Å². The van der Waals surface area contributed by atoms with Crippen molar-refractivity contribution in [3.63, 3.8) is 0 Å². The molecule has 0 fully saturated rings. The molecule has 2 N–H and O–H groups in total. The standard InChI is InChI=1S/C19H19N/c1-4-9-18-15(5-2)19-11-7-6-10-16(19)14(3)17(18)12-8-13-20/h4-7,9-13H,2,20H2,1,3H3/b9-4-. The number of nitrogens with two attached hydrogens (primary N) is 1. The topological polar surface area (TPSA) is 26.0 Å². The summed E-state index contributed by atoms with van der Waals surface area (Å²) in [7, 11) is 0. The summed E-state index contributed by atoms with van der Waals surface area (Å²) in [6.07, 6.45) is 9.44. The fourth-order valence-corrected chi connectivity index (χ4v) is 2.57. The van der Waals surface area contributed by atoms with Gasteiger partial charge >= 0.3 is 0 Å². The third-order valence-corrected chi connectivity index (χ3v) is 3.47. The third kappa shape index (κ3) is 2.32. The second kappa shape index (κ2) is 6.10. The van der Waals surface area contributed by atoms with Gasteiger partial charge in [-0.15, -0.1) is 5.73 Å². The van der Waals surface area contributed by atoms with Gasteiger partial charge in [0.1, 0.15) is 0 Å². The highest BCUT2D eigenvalue weighted by Gasteiger charge is 2.11. The van der Waals surface area contributed by atoms with Crippen LogP contribution in [0.4, 0.5) is 0 Å². The van der Waals surface area contributed by atoms with Gasteiger partial charge in [-0.2, -0.15) is 0 Å². The second-order valence-electron chi connectivity index (χ2n) is 4.59. The second-order valence-corrected chi connectivity index (χ2v) is 4.59. The van der Waals surface area contributed by atoms with Gasteiger partial charge in [-0.05, 0) is 52.9 Å². The number of benzene rings is 2. The van der Waals surface area contributed by atoms with Crippen LogP contribution in [0.2, 0.25) is 0 Å². The van der Waals surface area contributed by atoms with Gasteiger partial charge in [0.2, 0.25) is 0 Å². The van der Waals surface area contributed by atoms with Gasteiger partial charge in [0, 0.05) is 6.20 Å². The van der Waals surface area contributed by atoms with Crippen LogP contribution in [0, 0.1) is 6.92 Å². The van der Waals surface area contributed by atoms with Crippen LogP contribution in [0.1, 0.15) is 29.2 Å². The molecule has 2 aromatic rings. The summed E-state index contributed by atoms with van der Waals surface area (Å²) >= 11 is 0. The zero-order chi connectivity index (χ0) is 14.5. The molecule has 0 spiro atoms. The maximum absolute atomic E-state index is 5.43. The first kappa shape index (κ1) is 13.9. The largest absolute Gasteiger partial charge is 0.398 e. The first-order valence-corrected chi connectivity index (χ1v) is 6.67. The van der Waals surface area contributed by atoms with Crippen molar-refractivity contribution in [3.8, 4) is 0 Å². The molecule has 0 saturated carbocycles. The lowest BCUT2D eigenvalue weighted by atomic mass is 9.89. The van der Waals surface area contributed by atoms with E-state index < -0.39 is 0 Å². The molecule has 1 nitrogen and oxygen atoms in total. The van der Waals surface area contributed by atoms with Gasteiger partial charge < -0.3 is 5.73 Å². The molecule has 0 aliphatic rings. The van der Waals surface area contributed by atoms with Crippen molar-refractivity contribution in [2.45, 2.75) is 13.8 Å². The lowest BCUT2D eigenvalue weighted by Gasteiger charge is -2.14. The van der Waals surface area contributed by atoms with Crippen LogP contribution in [-0.2, 0) is 0 Å². The van der Waals surface area contributed by atoms with Gasteiger partial charge in [0.05, 0.1) is 0 Å². The number of aryl methyl sites for hydroxylation is 1. The number of hydrogen-bond donors (Lipinski definition) is 1. The normalized spacial score (nSPS) is 10.5. The molecule has 0 atom stereocenters. The van der Waals surface area contributed by atoms with E-state index in [0.717, 1.165) is 16.7 Å². The zero-order valence-electron chi connectivity index (χ0n) is 12.0. The molecule has 0 radical (unpaired) electrons. The molecule has 100 valence electrons. The van der Waals surface area contributed by atoms with E-state index in [2.05, 4.69) is 49.6 Å². The lowest BCUT2D eigenvalue weighted by Crippen LogP contribution is -1.94. The summed E-state index contributed by atoms with van der Waals surface area (Å²) in [5.74, 6) is 0. The smallest absolute Gasteiger partial charge is 0.0371 e. The fourth-order valence-electron chi connectivity index (χ4n) is 2.57. The van der Waals surface area contributed by atoms with Crippen molar-refractivity contribution in [1.29, 1.82) is 0 Å². The van der Waals surface area contributed by atoms with Crippen LogP contribution in [0.15, 0.2) is 48.9 Å². The quantitative estimate of drug-likeness (QED) is 0.781. The summed E-state index contributed by atoms with van der Waals surface area (Å²) in [5.41, 5.74) is 13.1. The summed E-state index contributed by atoms with van der Waals surface area (Å²) in [6.45, 7) is 8.12. The van der Waals surface area contributed by atoms with Crippen LogP contribution >= 0.6 is 0 Å². The summed E-state index contributed by atoms with van der Waals surface area (Å²) < 4.78 is 0. The van der Waals surface area contributed by atoms with E-state index >= 15 is 0 Å². The summed E-state index contributed by atoms with van der Waals surface area (Å²) in [5, 5.41) is 2.46. The fraction of sp³-hybridized carbons (Fsp3) is 0.105. The van der Waals surface area contributed by atoms with E-state index in [1.54, 1.807) is 0 Å². The molecule has 0 amide bonds. The SMILES string of the molecule is C=Cc1c(/C=C\C)c(C=C=CN)c(C)c2ccccc12. The molecule has 0 aromatic heterocycles. The predicted molar refractivity (Wildman–Crippen MR) is 90.2 cm³/mol. The Morgan fingerprint density at radius 2 is 1.80 bits per heavy atom. The maximum Gasteiger partial charge on any atom is 0.0371 e. The molecule has 0 aliphatic heterocycles. The first-order valence-electron chi connectivity index (χ1n) is 6.67. The lowest BCUT2D eigenvalue weighted by molar-refractivity contribution is 1.46. The molecule has 0 bridgehead atoms. The van der Waals surface area contributed by atoms with Crippen LogP contribution in [0.25, 0.3) is 29.0 Å². The van der Waals surface area contributed by atoms with Crippen molar-refractivity contribution in [2.75, 3.05) is 0 Å². The Morgan fingerprint density at radius 1 is 1.10 bits per heavy atom. The molecular formula is C19H19N. The van der Waals surface area contributed by atoms with Crippen LogP contribution in [0.5, 0.6) is 0 Å². The Bertz CT molecular complexity index is 742. The predicted octanol–water partition coefficient (Wildman–Crippen LogP) is 4.91. The molecular weight excluding hydrogens is 242 g/mol. The number of fused-ring (bicyclic) bond motifs is 1. The summed E-state index contributed by atoms with van der Waals surface area (Å²) in [4.78, 5) is 0. The minimum Gasteiger partial charge on any atom is -0.398 e. The maximum atomic E-state index is 5.43. The molecule has 0 aliphatic carbocycles. The van der Waals surface area contributed by atoms with Crippen molar-refractivity contribution in [1.82, 2.24) is 0 Å². The van der Waals surface area contributed by atoms with Gasteiger partial charge in [-0.1, -0.05) is 49.1 Å². The van der Waals surface area contributed by atoms with E-state index in [9.17, 15) is 0 Å². The molecule has 2 aromatic carbocycles. The van der Waals surface area contributed by atoms with E-state index in [0.29, 0.717) is 0 Å². The minimum absolute atomic E-state index is 1.14.